The molecule has 2 amide bonds. The van der Waals surface area contributed by atoms with Gasteiger partial charge in [-0.25, -0.2) is 0 Å². The summed E-state index contributed by atoms with van der Waals surface area (Å²) in [5.41, 5.74) is 4.67. The predicted molar refractivity (Wildman–Crippen MR) is 135 cm³/mol. The van der Waals surface area contributed by atoms with Crippen molar-refractivity contribution in [1.29, 1.82) is 0 Å². The number of hydrogen-bond acceptors (Lipinski definition) is 3. The van der Waals surface area contributed by atoms with Crippen molar-refractivity contribution in [3.05, 3.63) is 107 Å². The molecule has 5 rings (SSSR count). The molecule has 0 aliphatic carbocycles. The molecule has 4 aromatic rings. The van der Waals surface area contributed by atoms with Gasteiger partial charge in [0.1, 0.15) is 5.57 Å². The zero-order chi connectivity index (χ0) is 22.9. The number of fused-ring (bicyclic) bond motifs is 1. The van der Waals surface area contributed by atoms with Crippen molar-refractivity contribution in [3.63, 3.8) is 0 Å². The quantitative estimate of drug-likeness (QED) is 0.275. The van der Waals surface area contributed by atoms with E-state index in [2.05, 4.69) is 22.0 Å². The van der Waals surface area contributed by atoms with E-state index < -0.39 is 11.8 Å². The minimum Gasteiger partial charge on any atom is -0.342 e. The maximum atomic E-state index is 13.4. The van der Waals surface area contributed by atoms with Crippen molar-refractivity contribution in [2.45, 2.75) is 13.5 Å². The lowest BCUT2D eigenvalue weighted by atomic mass is 10.1. The third-order valence-electron chi connectivity index (χ3n) is 5.68. The van der Waals surface area contributed by atoms with E-state index in [0.29, 0.717) is 12.2 Å². The van der Waals surface area contributed by atoms with Gasteiger partial charge in [-0.3, -0.25) is 19.8 Å². The number of aromatic nitrogens is 1. The topological polar surface area (TPSA) is 54.3 Å². The Morgan fingerprint density at radius 3 is 2.48 bits per heavy atom. The van der Waals surface area contributed by atoms with Crippen LogP contribution in [0.5, 0.6) is 0 Å². The molecule has 0 atom stereocenters. The van der Waals surface area contributed by atoms with Crippen LogP contribution < -0.4 is 10.2 Å². The molecule has 0 unspecified atom stereocenters. The second kappa shape index (κ2) is 8.48. The Kier molecular flexibility index (Phi) is 5.36. The van der Waals surface area contributed by atoms with Gasteiger partial charge in [-0.05, 0) is 54.5 Å². The standard InChI is InChI=1S/C27H21N3O2S/c1-18-8-7-11-21(14-18)30-26(32)23(25(31)28-27(30)33)15-20-17-29(16-19-9-3-2-4-10-19)24-13-6-5-12-22(20)24/h2-15,17H,16H2,1H3,(H,28,31,33). The number of hydrogen-bond donors (Lipinski definition) is 1. The molecular weight excluding hydrogens is 430 g/mol. The van der Waals surface area contributed by atoms with Gasteiger partial charge in [0.05, 0.1) is 5.69 Å². The third-order valence-corrected chi connectivity index (χ3v) is 5.96. The molecule has 0 radical (unpaired) electrons. The normalized spacial score (nSPS) is 15.4. The van der Waals surface area contributed by atoms with E-state index in [4.69, 9.17) is 12.2 Å². The van der Waals surface area contributed by atoms with Gasteiger partial charge in [0.2, 0.25) is 0 Å². The van der Waals surface area contributed by atoms with E-state index in [1.807, 2.05) is 73.8 Å². The molecule has 2 heterocycles. The van der Waals surface area contributed by atoms with E-state index in [1.165, 1.54) is 10.5 Å². The number of nitrogens with one attached hydrogen (secondary N) is 1. The van der Waals surface area contributed by atoms with Gasteiger partial charge in [0.25, 0.3) is 11.8 Å². The lowest BCUT2D eigenvalue weighted by molar-refractivity contribution is -0.122. The van der Waals surface area contributed by atoms with Crippen molar-refractivity contribution in [3.8, 4) is 0 Å². The molecule has 6 heteroatoms. The predicted octanol–water partition coefficient (Wildman–Crippen LogP) is 4.83. The highest BCUT2D eigenvalue weighted by Crippen LogP contribution is 2.27. The Balaban J connectivity index is 1.58. The average Bonchev–Trinajstić information content (AvgIpc) is 3.14. The monoisotopic (exact) mass is 451 g/mol. The van der Waals surface area contributed by atoms with E-state index in [9.17, 15) is 9.59 Å². The summed E-state index contributed by atoms with van der Waals surface area (Å²) < 4.78 is 2.13. The van der Waals surface area contributed by atoms with Gasteiger partial charge in [-0.1, -0.05) is 60.7 Å². The van der Waals surface area contributed by atoms with Gasteiger partial charge in [-0.2, -0.15) is 0 Å². The third kappa shape index (κ3) is 3.97. The van der Waals surface area contributed by atoms with Crippen LogP contribution in [0.2, 0.25) is 0 Å². The smallest absolute Gasteiger partial charge is 0.270 e. The summed E-state index contributed by atoms with van der Waals surface area (Å²) in [6.45, 7) is 2.63. The highest BCUT2D eigenvalue weighted by Gasteiger charge is 2.34. The molecule has 0 saturated carbocycles. The number of anilines is 1. The number of aryl methyl sites for hydroxylation is 1. The summed E-state index contributed by atoms with van der Waals surface area (Å²) in [7, 11) is 0. The van der Waals surface area contributed by atoms with E-state index in [1.54, 1.807) is 12.1 Å². The molecule has 1 saturated heterocycles. The zero-order valence-electron chi connectivity index (χ0n) is 18.0. The van der Waals surface area contributed by atoms with Gasteiger partial charge < -0.3 is 4.57 Å². The van der Waals surface area contributed by atoms with Crippen LogP contribution in [0.4, 0.5) is 5.69 Å². The molecule has 1 fully saturated rings. The summed E-state index contributed by atoms with van der Waals surface area (Å²) in [5, 5.41) is 3.72. The van der Waals surface area contributed by atoms with Crippen LogP contribution in [0.15, 0.2) is 90.6 Å². The lowest BCUT2D eigenvalue weighted by Crippen LogP contribution is -2.54. The molecule has 162 valence electrons. The van der Waals surface area contributed by atoms with Crippen molar-refractivity contribution < 1.29 is 9.59 Å². The number of rotatable bonds is 4. The number of carbonyl (C=O) groups is 2. The molecule has 0 spiro atoms. The molecular formula is C27H21N3O2S. The van der Waals surface area contributed by atoms with Crippen LogP contribution in [0.3, 0.4) is 0 Å². The fourth-order valence-corrected chi connectivity index (χ4v) is 4.40. The summed E-state index contributed by atoms with van der Waals surface area (Å²) in [5.74, 6) is -0.928. The van der Waals surface area contributed by atoms with Crippen molar-refractivity contribution in [2.24, 2.45) is 0 Å². The minimum atomic E-state index is -0.492. The summed E-state index contributed by atoms with van der Waals surface area (Å²) in [6, 6.07) is 25.6. The van der Waals surface area contributed by atoms with Crippen LogP contribution in [-0.2, 0) is 16.1 Å². The second-order valence-corrected chi connectivity index (χ2v) is 8.40. The van der Waals surface area contributed by atoms with Crippen molar-refractivity contribution in [1.82, 2.24) is 9.88 Å². The Hall–Kier alpha value is -4.03. The van der Waals surface area contributed by atoms with Crippen LogP contribution in [0.25, 0.3) is 17.0 Å². The Bertz CT molecular complexity index is 1440. The Morgan fingerprint density at radius 2 is 1.70 bits per heavy atom. The fraction of sp³-hybridized carbons (Fsp3) is 0.0741. The number of thiocarbonyl (C=S) groups is 1. The fourth-order valence-electron chi connectivity index (χ4n) is 4.12. The number of nitrogens with zero attached hydrogens (tertiary/aromatic N) is 2. The van der Waals surface area contributed by atoms with Crippen LogP contribution in [0.1, 0.15) is 16.7 Å². The van der Waals surface area contributed by atoms with Crippen LogP contribution in [0, 0.1) is 6.92 Å². The Labute approximate surface area is 196 Å². The first-order valence-corrected chi connectivity index (χ1v) is 11.0. The molecule has 1 aromatic heterocycles. The molecule has 0 bridgehead atoms. The van der Waals surface area contributed by atoms with E-state index in [-0.39, 0.29) is 10.7 Å². The van der Waals surface area contributed by atoms with E-state index in [0.717, 1.165) is 22.0 Å². The minimum absolute atomic E-state index is 0.0488. The number of para-hydroxylation sites is 1. The van der Waals surface area contributed by atoms with Crippen LogP contribution >= 0.6 is 12.2 Å². The SMILES string of the molecule is Cc1cccc(N2C(=O)C(=Cc3cn(Cc4ccccc4)c4ccccc34)C(=O)NC2=S)c1. The van der Waals surface area contributed by atoms with E-state index >= 15 is 0 Å². The highest BCUT2D eigenvalue weighted by molar-refractivity contribution is 7.80. The molecule has 3 aromatic carbocycles. The van der Waals surface area contributed by atoms with Crippen molar-refractivity contribution in [2.75, 3.05) is 4.90 Å². The first kappa shape index (κ1) is 20.8. The van der Waals surface area contributed by atoms with Crippen LogP contribution in [-0.4, -0.2) is 21.5 Å². The van der Waals surface area contributed by atoms with Crippen molar-refractivity contribution >= 4 is 51.8 Å². The molecule has 5 nitrogen and oxygen atoms in total. The molecule has 1 aliphatic rings. The van der Waals surface area contributed by atoms with Gasteiger partial charge in [0, 0.05) is 29.2 Å². The first-order chi connectivity index (χ1) is 16.0. The zero-order valence-corrected chi connectivity index (χ0v) is 18.8. The maximum Gasteiger partial charge on any atom is 0.270 e. The summed E-state index contributed by atoms with van der Waals surface area (Å²) in [6.07, 6.45) is 3.64. The maximum absolute atomic E-state index is 13.4. The molecule has 33 heavy (non-hydrogen) atoms. The molecule has 1 aliphatic heterocycles. The summed E-state index contributed by atoms with van der Waals surface area (Å²) in [4.78, 5) is 27.5. The highest BCUT2D eigenvalue weighted by atomic mass is 32.1. The van der Waals surface area contributed by atoms with Gasteiger partial charge in [-0.15, -0.1) is 0 Å². The largest absolute Gasteiger partial charge is 0.342 e. The molecule has 1 N–H and O–H groups in total. The first-order valence-electron chi connectivity index (χ1n) is 10.6. The Morgan fingerprint density at radius 1 is 0.939 bits per heavy atom. The second-order valence-electron chi connectivity index (χ2n) is 8.01. The summed E-state index contributed by atoms with van der Waals surface area (Å²) >= 11 is 5.32. The number of benzene rings is 3. The number of amides is 2. The van der Waals surface area contributed by atoms with Gasteiger partial charge in [0.15, 0.2) is 5.11 Å². The lowest BCUT2D eigenvalue weighted by Gasteiger charge is -2.29. The number of carbonyl (C=O) groups excluding carboxylic acids is 2. The average molecular weight is 452 g/mol. The van der Waals surface area contributed by atoms with Gasteiger partial charge >= 0.3 is 0 Å².